The molecule has 1 saturated carbocycles. The van der Waals surface area contributed by atoms with E-state index in [0.717, 1.165) is 24.3 Å². The van der Waals surface area contributed by atoms with Gasteiger partial charge in [-0.3, -0.25) is 0 Å². The zero-order chi connectivity index (χ0) is 11.9. The highest BCUT2D eigenvalue weighted by Crippen LogP contribution is 2.59. The fraction of sp³-hybridized carbons (Fsp3) is 0.615. The van der Waals surface area contributed by atoms with E-state index in [1.807, 2.05) is 6.08 Å². The van der Waals surface area contributed by atoms with Crippen LogP contribution in [0.4, 0.5) is 4.39 Å². The molecule has 0 saturated heterocycles. The summed E-state index contributed by atoms with van der Waals surface area (Å²) >= 11 is 0. The van der Waals surface area contributed by atoms with Crippen molar-refractivity contribution in [1.29, 1.82) is 0 Å². The van der Waals surface area contributed by atoms with Gasteiger partial charge >= 0.3 is 5.97 Å². The van der Waals surface area contributed by atoms with Crippen molar-refractivity contribution < 1.29 is 13.9 Å². The molecule has 2 bridgehead atoms. The lowest BCUT2D eigenvalue weighted by Gasteiger charge is -2.56. The first-order chi connectivity index (χ1) is 7.46. The molecule has 3 aliphatic rings. The molecule has 0 spiro atoms. The van der Waals surface area contributed by atoms with Crippen molar-refractivity contribution in [3.05, 3.63) is 23.6 Å². The first-order valence-corrected chi connectivity index (χ1v) is 5.62. The summed E-state index contributed by atoms with van der Waals surface area (Å²) in [6.45, 7) is 4.42. The number of allylic oxidation sites excluding steroid dienone is 3. The number of carbonyl (C=O) groups is 1. The normalized spacial score (nSPS) is 31.5. The standard InChI is InChI=1S/C13H17FO2/c1-13(2)9-5-4-8(10(13)7-9)6-11(14)12(15)16-3/h4,6,9-10H,5,7H2,1-3H3/b11-6-. The molecule has 0 aliphatic heterocycles. The Hall–Kier alpha value is -1.12. The number of rotatable bonds is 2. The summed E-state index contributed by atoms with van der Waals surface area (Å²) in [6.07, 6.45) is 5.49. The summed E-state index contributed by atoms with van der Waals surface area (Å²) in [5, 5.41) is 0. The second-order valence-electron chi connectivity index (χ2n) is 5.23. The van der Waals surface area contributed by atoms with Gasteiger partial charge in [0.25, 0.3) is 0 Å². The second kappa shape index (κ2) is 3.72. The molecule has 3 aliphatic carbocycles. The van der Waals surface area contributed by atoms with Crippen LogP contribution in [0.5, 0.6) is 0 Å². The third-order valence-electron chi connectivity index (χ3n) is 4.18. The van der Waals surface area contributed by atoms with Gasteiger partial charge in [0.2, 0.25) is 5.83 Å². The van der Waals surface area contributed by atoms with Gasteiger partial charge in [-0.2, -0.15) is 4.39 Å². The summed E-state index contributed by atoms with van der Waals surface area (Å²) in [4.78, 5) is 11.0. The highest BCUT2D eigenvalue weighted by Gasteiger charge is 2.50. The Morgan fingerprint density at radius 2 is 2.31 bits per heavy atom. The summed E-state index contributed by atoms with van der Waals surface area (Å²) in [5.41, 5.74) is 1.20. The molecule has 0 aromatic heterocycles. The van der Waals surface area contributed by atoms with Crippen molar-refractivity contribution in [2.75, 3.05) is 7.11 Å². The molecular formula is C13H17FO2. The number of esters is 1. The van der Waals surface area contributed by atoms with Gasteiger partial charge in [-0.1, -0.05) is 19.9 Å². The van der Waals surface area contributed by atoms with Crippen LogP contribution in [0.15, 0.2) is 23.6 Å². The molecule has 2 atom stereocenters. The van der Waals surface area contributed by atoms with Gasteiger partial charge in [-0.25, -0.2) is 4.79 Å². The predicted octanol–water partition coefficient (Wildman–Crippen LogP) is 3.01. The van der Waals surface area contributed by atoms with Gasteiger partial charge in [0.05, 0.1) is 7.11 Å². The lowest BCUT2D eigenvalue weighted by molar-refractivity contribution is -0.137. The molecule has 1 fully saturated rings. The first kappa shape index (κ1) is 11.4. The average molecular weight is 224 g/mol. The van der Waals surface area contributed by atoms with Crippen LogP contribution in [0.1, 0.15) is 26.7 Å². The number of halogens is 1. The van der Waals surface area contributed by atoms with E-state index in [1.54, 1.807) is 0 Å². The Balaban J connectivity index is 2.18. The third kappa shape index (κ3) is 1.58. The van der Waals surface area contributed by atoms with Crippen LogP contribution in [0, 0.1) is 17.3 Å². The molecule has 16 heavy (non-hydrogen) atoms. The van der Waals surface area contributed by atoms with Crippen molar-refractivity contribution in [2.45, 2.75) is 26.7 Å². The van der Waals surface area contributed by atoms with Crippen molar-refractivity contribution in [1.82, 2.24) is 0 Å². The van der Waals surface area contributed by atoms with E-state index in [9.17, 15) is 9.18 Å². The second-order valence-corrected chi connectivity index (χ2v) is 5.23. The molecule has 2 nitrogen and oxygen atoms in total. The van der Waals surface area contributed by atoms with Crippen LogP contribution in [-0.2, 0) is 9.53 Å². The highest BCUT2D eigenvalue weighted by atomic mass is 19.1. The van der Waals surface area contributed by atoms with Crippen LogP contribution < -0.4 is 0 Å². The highest BCUT2D eigenvalue weighted by molar-refractivity contribution is 5.86. The van der Waals surface area contributed by atoms with Crippen LogP contribution in [0.2, 0.25) is 0 Å². The molecule has 3 heteroatoms. The van der Waals surface area contributed by atoms with E-state index in [4.69, 9.17) is 0 Å². The van der Waals surface area contributed by atoms with Crippen molar-refractivity contribution in [3.63, 3.8) is 0 Å². The van der Waals surface area contributed by atoms with Crippen molar-refractivity contribution in [3.8, 4) is 0 Å². The Labute approximate surface area is 95.2 Å². The molecule has 0 N–H and O–H groups in total. The van der Waals surface area contributed by atoms with E-state index < -0.39 is 11.8 Å². The lowest BCUT2D eigenvalue weighted by Crippen LogP contribution is -2.47. The maximum atomic E-state index is 13.4. The molecule has 0 aromatic carbocycles. The Morgan fingerprint density at radius 1 is 1.62 bits per heavy atom. The average Bonchev–Trinajstić information content (AvgIpc) is 2.27. The number of hydrogen-bond acceptors (Lipinski definition) is 2. The molecule has 0 aromatic rings. The zero-order valence-electron chi connectivity index (χ0n) is 9.92. The van der Waals surface area contributed by atoms with Crippen molar-refractivity contribution in [2.24, 2.45) is 17.3 Å². The molecule has 0 heterocycles. The van der Waals surface area contributed by atoms with E-state index >= 15 is 0 Å². The Kier molecular flexibility index (Phi) is 2.64. The monoisotopic (exact) mass is 224 g/mol. The fourth-order valence-corrected chi connectivity index (χ4v) is 2.86. The molecule has 0 radical (unpaired) electrons. The zero-order valence-corrected chi connectivity index (χ0v) is 9.92. The molecular weight excluding hydrogens is 207 g/mol. The minimum Gasteiger partial charge on any atom is -0.464 e. The molecule has 2 unspecified atom stereocenters. The van der Waals surface area contributed by atoms with E-state index in [0.29, 0.717) is 5.92 Å². The van der Waals surface area contributed by atoms with Gasteiger partial charge < -0.3 is 4.74 Å². The maximum Gasteiger partial charge on any atom is 0.366 e. The molecule has 88 valence electrons. The summed E-state index contributed by atoms with van der Waals surface area (Å²) < 4.78 is 17.7. The van der Waals surface area contributed by atoms with Gasteiger partial charge in [0.15, 0.2) is 0 Å². The third-order valence-corrected chi connectivity index (χ3v) is 4.18. The van der Waals surface area contributed by atoms with E-state index in [2.05, 4.69) is 18.6 Å². The summed E-state index contributed by atoms with van der Waals surface area (Å²) in [5.74, 6) is -0.576. The van der Waals surface area contributed by atoms with Crippen LogP contribution in [0.3, 0.4) is 0 Å². The van der Waals surface area contributed by atoms with Crippen LogP contribution >= 0.6 is 0 Å². The van der Waals surface area contributed by atoms with Crippen molar-refractivity contribution >= 4 is 5.97 Å². The van der Waals surface area contributed by atoms with Gasteiger partial charge in [0.1, 0.15) is 0 Å². The molecule has 3 rings (SSSR count). The number of fused-ring (bicyclic) bond motifs is 1. The molecule has 0 amide bonds. The summed E-state index contributed by atoms with van der Waals surface area (Å²) in [6, 6.07) is 0. The first-order valence-electron chi connectivity index (χ1n) is 5.62. The van der Waals surface area contributed by atoms with Gasteiger partial charge in [-0.15, -0.1) is 0 Å². The smallest absolute Gasteiger partial charge is 0.366 e. The largest absolute Gasteiger partial charge is 0.464 e. The van der Waals surface area contributed by atoms with Crippen LogP contribution in [0.25, 0.3) is 0 Å². The maximum absolute atomic E-state index is 13.4. The van der Waals surface area contributed by atoms with Gasteiger partial charge in [-0.05, 0) is 41.7 Å². The SMILES string of the molecule is COC(=O)/C(F)=C/C1=CCC2CC1C2(C)C. The number of hydrogen-bond donors (Lipinski definition) is 0. The topological polar surface area (TPSA) is 26.3 Å². The van der Waals surface area contributed by atoms with Crippen LogP contribution in [-0.4, -0.2) is 13.1 Å². The number of methoxy groups -OCH3 is 1. The minimum absolute atomic E-state index is 0.247. The fourth-order valence-electron chi connectivity index (χ4n) is 2.86. The van der Waals surface area contributed by atoms with E-state index in [1.165, 1.54) is 13.2 Å². The Morgan fingerprint density at radius 3 is 2.81 bits per heavy atom. The number of ether oxygens (including phenoxy) is 1. The summed E-state index contributed by atoms with van der Waals surface area (Å²) in [7, 11) is 1.19. The van der Waals surface area contributed by atoms with Gasteiger partial charge in [0, 0.05) is 0 Å². The quantitative estimate of drug-likeness (QED) is 0.532. The Bertz CT molecular complexity index is 379. The predicted molar refractivity (Wildman–Crippen MR) is 59.3 cm³/mol. The minimum atomic E-state index is -0.889. The van der Waals surface area contributed by atoms with E-state index in [-0.39, 0.29) is 5.41 Å². The lowest BCUT2D eigenvalue weighted by atomic mass is 9.49. The number of carbonyl (C=O) groups excluding carboxylic acids is 1.